The summed E-state index contributed by atoms with van der Waals surface area (Å²) < 4.78 is 0. The molecule has 1 rings (SSSR count). The molecule has 4 heteroatoms. The van der Waals surface area contributed by atoms with Crippen molar-refractivity contribution < 1.29 is 5.11 Å². The minimum absolute atomic E-state index is 0.125. The van der Waals surface area contributed by atoms with Gasteiger partial charge < -0.3 is 10.0 Å². The zero-order valence-corrected chi connectivity index (χ0v) is 9.89. The fraction of sp³-hybridized carbons (Fsp3) is 0.700. The van der Waals surface area contributed by atoms with Gasteiger partial charge in [-0.05, 0) is 20.5 Å². The van der Waals surface area contributed by atoms with E-state index in [-0.39, 0.29) is 6.61 Å². The van der Waals surface area contributed by atoms with Gasteiger partial charge in [0.05, 0.1) is 17.2 Å². The molecule has 0 bridgehead atoms. The van der Waals surface area contributed by atoms with Crippen molar-refractivity contribution in [2.24, 2.45) is 0 Å². The van der Waals surface area contributed by atoms with Crippen LogP contribution < -0.4 is 0 Å². The molecule has 1 heterocycles. The molecule has 0 aliphatic carbocycles. The Bertz CT molecular complexity index is 284. The molecule has 0 unspecified atom stereocenters. The van der Waals surface area contributed by atoms with E-state index in [1.165, 1.54) is 0 Å². The molecule has 0 amide bonds. The summed E-state index contributed by atoms with van der Waals surface area (Å²) in [5.41, 5.74) is 1.08. The minimum atomic E-state index is 0.125. The average Bonchev–Trinajstić information content (AvgIpc) is 2.47. The summed E-state index contributed by atoms with van der Waals surface area (Å²) in [4.78, 5) is 7.65. The summed E-state index contributed by atoms with van der Waals surface area (Å²) in [6.45, 7) is 3.12. The van der Waals surface area contributed by atoms with E-state index in [4.69, 9.17) is 5.11 Å². The molecule has 0 aromatic carbocycles. The van der Waals surface area contributed by atoms with Gasteiger partial charge in [-0.3, -0.25) is 0 Å². The summed E-state index contributed by atoms with van der Waals surface area (Å²) in [5.74, 6) is 0. The van der Waals surface area contributed by atoms with Crippen molar-refractivity contribution in [3.63, 3.8) is 0 Å². The Hall–Kier alpha value is -0.450. The van der Waals surface area contributed by atoms with Gasteiger partial charge in [0.2, 0.25) is 0 Å². The van der Waals surface area contributed by atoms with Gasteiger partial charge in [-0.1, -0.05) is 13.3 Å². The lowest BCUT2D eigenvalue weighted by molar-refractivity contribution is 0.284. The maximum atomic E-state index is 9.15. The molecule has 1 N–H and O–H groups in total. The Morgan fingerprint density at radius 1 is 1.43 bits per heavy atom. The van der Waals surface area contributed by atoms with Crippen molar-refractivity contribution in [1.82, 2.24) is 9.88 Å². The Morgan fingerprint density at radius 2 is 2.14 bits per heavy atom. The second-order valence-electron chi connectivity index (χ2n) is 3.62. The lowest BCUT2D eigenvalue weighted by atomic mass is 10.2. The Kier molecular flexibility index (Phi) is 4.51. The molecule has 1 aromatic heterocycles. The standard InChI is InChI=1S/C10H18N2OS/c1-4-5-8-9(7-13)14-10(11-8)6-12(2)3/h13H,4-7H2,1-3H3. The molecule has 0 aliphatic rings. The van der Waals surface area contributed by atoms with E-state index < -0.39 is 0 Å². The number of thiazole rings is 1. The van der Waals surface area contributed by atoms with Gasteiger partial charge in [0.1, 0.15) is 5.01 Å². The van der Waals surface area contributed by atoms with Gasteiger partial charge in [-0.25, -0.2) is 4.98 Å². The first kappa shape index (κ1) is 11.6. The molecule has 0 fully saturated rings. The van der Waals surface area contributed by atoms with Crippen molar-refractivity contribution in [2.75, 3.05) is 14.1 Å². The quantitative estimate of drug-likeness (QED) is 0.809. The second-order valence-corrected chi connectivity index (χ2v) is 4.79. The zero-order chi connectivity index (χ0) is 10.6. The molecular formula is C10H18N2OS. The number of aliphatic hydroxyl groups is 1. The van der Waals surface area contributed by atoms with Crippen LogP contribution in [0.3, 0.4) is 0 Å². The molecule has 3 nitrogen and oxygen atoms in total. The monoisotopic (exact) mass is 214 g/mol. The van der Waals surface area contributed by atoms with Crippen molar-refractivity contribution in [2.45, 2.75) is 32.9 Å². The number of aromatic nitrogens is 1. The van der Waals surface area contributed by atoms with E-state index in [1.807, 2.05) is 14.1 Å². The summed E-state index contributed by atoms with van der Waals surface area (Å²) in [7, 11) is 4.05. The van der Waals surface area contributed by atoms with E-state index in [0.717, 1.165) is 35.0 Å². The maximum Gasteiger partial charge on any atom is 0.107 e. The van der Waals surface area contributed by atoms with E-state index in [0.29, 0.717) is 0 Å². The smallest absolute Gasteiger partial charge is 0.107 e. The van der Waals surface area contributed by atoms with Crippen molar-refractivity contribution in [3.05, 3.63) is 15.6 Å². The highest BCUT2D eigenvalue weighted by atomic mass is 32.1. The van der Waals surface area contributed by atoms with E-state index in [1.54, 1.807) is 11.3 Å². The summed E-state index contributed by atoms with van der Waals surface area (Å²) in [5, 5.41) is 10.2. The number of hydrogen-bond acceptors (Lipinski definition) is 4. The van der Waals surface area contributed by atoms with Crippen molar-refractivity contribution in [1.29, 1.82) is 0 Å². The van der Waals surface area contributed by atoms with Crippen LogP contribution in [0.1, 0.15) is 28.9 Å². The van der Waals surface area contributed by atoms with E-state index >= 15 is 0 Å². The normalized spacial score (nSPS) is 11.2. The second kappa shape index (κ2) is 5.44. The van der Waals surface area contributed by atoms with Crippen LogP contribution in [0.15, 0.2) is 0 Å². The molecule has 14 heavy (non-hydrogen) atoms. The molecule has 1 aromatic rings. The highest BCUT2D eigenvalue weighted by Gasteiger charge is 2.09. The van der Waals surface area contributed by atoms with Crippen LogP contribution in [0.4, 0.5) is 0 Å². The third-order valence-electron chi connectivity index (χ3n) is 1.90. The SMILES string of the molecule is CCCc1nc(CN(C)C)sc1CO. The predicted molar refractivity (Wildman–Crippen MR) is 59.4 cm³/mol. The van der Waals surface area contributed by atoms with Crippen LogP contribution >= 0.6 is 11.3 Å². The topological polar surface area (TPSA) is 36.4 Å². The Morgan fingerprint density at radius 3 is 2.64 bits per heavy atom. The first-order valence-electron chi connectivity index (χ1n) is 4.90. The number of aryl methyl sites for hydroxylation is 1. The molecule has 80 valence electrons. The predicted octanol–water partition coefficient (Wildman–Crippen LogP) is 1.65. The minimum Gasteiger partial charge on any atom is -0.391 e. The fourth-order valence-electron chi connectivity index (χ4n) is 1.33. The largest absolute Gasteiger partial charge is 0.391 e. The third kappa shape index (κ3) is 3.04. The van der Waals surface area contributed by atoms with Gasteiger partial charge in [-0.2, -0.15) is 0 Å². The van der Waals surface area contributed by atoms with Crippen molar-refractivity contribution in [3.8, 4) is 0 Å². The highest BCUT2D eigenvalue weighted by Crippen LogP contribution is 2.20. The Balaban J connectivity index is 2.77. The maximum absolute atomic E-state index is 9.15. The lowest BCUT2D eigenvalue weighted by Crippen LogP contribution is -2.10. The lowest BCUT2D eigenvalue weighted by Gasteiger charge is -2.04. The van der Waals surface area contributed by atoms with E-state index in [2.05, 4.69) is 16.8 Å². The molecule has 0 aliphatic heterocycles. The van der Waals surface area contributed by atoms with Crippen molar-refractivity contribution >= 4 is 11.3 Å². The van der Waals surface area contributed by atoms with Crippen LogP contribution in [0, 0.1) is 0 Å². The summed E-state index contributed by atoms with van der Waals surface area (Å²) >= 11 is 1.62. The fourth-order valence-corrected chi connectivity index (χ4v) is 2.42. The summed E-state index contributed by atoms with van der Waals surface area (Å²) in [6, 6.07) is 0. The highest BCUT2D eigenvalue weighted by molar-refractivity contribution is 7.11. The van der Waals surface area contributed by atoms with Gasteiger partial charge in [0.15, 0.2) is 0 Å². The molecule has 0 spiro atoms. The van der Waals surface area contributed by atoms with Crippen LogP contribution in [0.5, 0.6) is 0 Å². The van der Waals surface area contributed by atoms with Gasteiger partial charge >= 0.3 is 0 Å². The average molecular weight is 214 g/mol. The van der Waals surface area contributed by atoms with Crippen LogP contribution in [-0.4, -0.2) is 29.1 Å². The first-order valence-corrected chi connectivity index (χ1v) is 5.72. The van der Waals surface area contributed by atoms with Gasteiger partial charge in [0.25, 0.3) is 0 Å². The summed E-state index contributed by atoms with van der Waals surface area (Å²) in [6.07, 6.45) is 2.05. The van der Waals surface area contributed by atoms with E-state index in [9.17, 15) is 0 Å². The van der Waals surface area contributed by atoms with Gasteiger partial charge in [-0.15, -0.1) is 11.3 Å². The molecular weight excluding hydrogens is 196 g/mol. The van der Waals surface area contributed by atoms with Crippen LogP contribution in [0.2, 0.25) is 0 Å². The molecule has 0 saturated heterocycles. The molecule has 0 saturated carbocycles. The zero-order valence-electron chi connectivity index (χ0n) is 9.08. The molecule has 0 atom stereocenters. The van der Waals surface area contributed by atoms with Crippen LogP contribution in [-0.2, 0) is 19.6 Å². The van der Waals surface area contributed by atoms with Gasteiger partial charge in [0, 0.05) is 6.54 Å². The number of rotatable bonds is 5. The first-order chi connectivity index (χ1) is 6.67. The number of hydrogen-bond donors (Lipinski definition) is 1. The number of nitrogens with zero attached hydrogens (tertiary/aromatic N) is 2. The number of aliphatic hydroxyl groups excluding tert-OH is 1. The molecule has 0 radical (unpaired) electrons. The third-order valence-corrected chi connectivity index (χ3v) is 2.97. The Labute approximate surface area is 89.4 Å². The van der Waals surface area contributed by atoms with Crippen LogP contribution in [0.25, 0.3) is 0 Å².